The maximum Gasteiger partial charge on any atom is 0.248 e. The predicted octanol–water partition coefficient (Wildman–Crippen LogP) is 6.20. The van der Waals surface area contributed by atoms with Gasteiger partial charge in [0.1, 0.15) is 17.1 Å². The number of aryl methyl sites for hydroxylation is 1. The maximum absolute atomic E-state index is 12.8. The quantitative estimate of drug-likeness (QED) is 0.338. The molecule has 0 atom stereocenters. The van der Waals surface area contributed by atoms with Crippen LogP contribution in [0.3, 0.4) is 0 Å². The largest absolute Gasteiger partial charge is 0.497 e. The molecule has 0 spiro atoms. The monoisotopic (exact) mass is 471 g/mol. The van der Waals surface area contributed by atoms with Gasteiger partial charge < -0.3 is 28.7 Å². The fourth-order valence-electron chi connectivity index (χ4n) is 4.31. The van der Waals surface area contributed by atoms with E-state index in [1.807, 2.05) is 44.2 Å². The first kappa shape index (κ1) is 22.4. The number of ether oxygens (including phenoxy) is 4. The number of carbonyl (C=O) groups is 1. The van der Waals surface area contributed by atoms with Crippen molar-refractivity contribution in [2.75, 3.05) is 26.3 Å². The summed E-state index contributed by atoms with van der Waals surface area (Å²) in [6, 6.07) is 15.1. The Morgan fingerprint density at radius 1 is 1.03 bits per heavy atom. The van der Waals surface area contributed by atoms with Crippen LogP contribution in [0, 0.1) is 6.92 Å². The fourth-order valence-corrected chi connectivity index (χ4v) is 4.31. The number of carbonyl (C=O) groups excluding carboxylic acids is 1. The van der Waals surface area contributed by atoms with Crippen LogP contribution in [-0.2, 0) is 4.79 Å². The summed E-state index contributed by atoms with van der Waals surface area (Å²) in [7, 11) is 3.26. The number of amides is 1. The summed E-state index contributed by atoms with van der Waals surface area (Å²) in [5, 5.41) is 3.81. The van der Waals surface area contributed by atoms with Crippen LogP contribution in [0.5, 0.6) is 23.0 Å². The molecule has 1 aliphatic rings. The van der Waals surface area contributed by atoms with E-state index in [9.17, 15) is 4.79 Å². The summed E-state index contributed by atoms with van der Waals surface area (Å²) in [5.74, 6) is 2.43. The average molecular weight is 472 g/mol. The van der Waals surface area contributed by atoms with Crippen LogP contribution in [0.15, 0.2) is 65.3 Å². The zero-order valence-corrected chi connectivity index (χ0v) is 19.9. The van der Waals surface area contributed by atoms with Gasteiger partial charge in [-0.05, 0) is 55.3 Å². The van der Waals surface area contributed by atoms with E-state index in [2.05, 4.69) is 5.32 Å². The summed E-state index contributed by atoms with van der Waals surface area (Å²) < 4.78 is 27.8. The number of rotatable bonds is 6. The molecular weight excluding hydrogens is 446 g/mol. The molecule has 3 aromatic carbocycles. The molecule has 0 radical (unpaired) electrons. The number of anilines is 1. The molecule has 0 unspecified atom stereocenters. The summed E-state index contributed by atoms with van der Waals surface area (Å²) >= 11 is 0. The topological polar surface area (TPSA) is 79.2 Å². The second kappa shape index (κ2) is 9.10. The standard InChI is InChI=1S/C28H25NO6/c1-16(10-26(30)29-19-8-9-24-25(12-19)35-15-34-24)21-13-22-23(18-6-5-7-20(11-18)31-3)14-33-28(22)17(2)27(21)32-4/h5-14H,15H2,1-4H3,(H,29,30)/b16-10+. The van der Waals surface area contributed by atoms with Crippen LogP contribution < -0.4 is 24.3 Å². The number of methoxy groups -OCH3 is 2. The van der Waals surface area contributed by atoms with Crippen LogP contribution in [0.25, 0.3) is 27.7 Å². The minimum absolute atomic E-state index is 0.180. The molecule has 1 aliphatic heterocycles. The number of nitrogens with one attached hydrogen (secondary N) is 1. The Kier molecular flexibility index (Phi) is 5.82. The third-order valence-corrected chi connectivity index (χ3v) is 6.04. The number of hydrogen-bond donors (Lipinski definition) is 1. The highest BCUT2D eigenvalue weighted by Gasteiger charge is 2.19. The zero-order valence-electron chi connectivity index (χ0n) is 19.9. The Hall–Kier alpha value is -4.39. The van der Waals surface area contributed by atoms with E-state index < -0.39 is 0 Å². The average Bonchev–Trinajstić information content (AvgIpc) is 3.50. The van der Waals surface area contributed by atoms with Gasteiger partial charge in [-0.1, -0.05) is 12.1 Å². The van der Waals surface area contributed by atoms with Gasteiger partial charge in [-0.15, -0.1) is 0 Å². The van der Waals surface area contributed by atoms with E-state index in [0.29, 0.717) is 22.9 Å². The van der Waals surface area contributed by atoms with Crippen molar-refractivity contribution in [3.63, 3.8) is 0 Å². The van der Waals surface area contributed by atoms with Gasteiger partial charge in [0.15, 0.2) is 11.5 Å². The Morgan fingerprint density at radius 3 is 2.66 bits per heavy atom. The van der Waals surface area contributed by atoms with Crippen molar-refractivity contribution in [3.8, 4) is 34.1 Å². The van der Waals surface area contributed by atoms with Crippen molar-refractivity contribution in [2.24, 2.45) is 0 Å². The molecule has 0 saturated carbocycles. The molecule has 0 saturated heterocycles. The van der Waals surface area contributed by atoms with Crippen molar-refractivity contribution < 1.29 is 28.2 Å². The van der Waals surface area contributed by atoms with Gasteiger partial charge in [0.05, 0.1) is 20.5 Å². The summed E-state index contributed by atoms with van der Waals surface area (Å²) in [5.41, 5.74) is 5.69. The van der Waals surface area contributed by atoms with E-state index in [1.54, 1.807) is 44.8 Å². The van der Waals surface area contributed by atoms with Crippen molar-refractivity contribution in [2.45, 2.75) is 13.8 Å². The first-order chi connectivity index (χ1) is 17.0. The lowest BCUT2D eigenvalue weighted by molar-refractivity contribution is -0.111. The first-order valence-electron chi connectivity index (χ1n) is 11.1. The van der Waals surface area contributed by atoms with Crippen LogP contribution >= 0.6 is 0 Å². The van der Waals surface area contributed by atoms with Gasteiger partial charge in [-0.3, -0.25) is 4.79 Å². The van der Waals surface area contributed by atoms with Gasteiger partial charge >= 0.3 is 0 Å². The number of hydrogen-bond acceptors (Lipinski definition) is 6. The van der Waals surface area contributed by atoms with E-state index in [4.69, 9.17) is 23.4 Å². The second-order valence-electron chi connectivity index (χ2n) is 8.23. The minimum atomic E-state index is -0.263. The normalized spacial score (nSPS) is 12.6. The van der Waals surface area contributed by atoms with E-state index in [1.165, 1.54) is 0 Å². The molecule has 2 heterocycles. The van der Waals surface area contributed by atoms with Gasteiger partial charge in [0.25, 0.3) is 0 Å². The molecule has 1 N–H and O–H groups in total. The lowest BCUT2D eigenvalue weighted by atomic mass is 9.96. The van der Waals surface area contributed by atoms with Crippen molar-refractivity contribution in [1.29, 1.82) is 0 Å². The molecule has 0 bridgehead atoms. The molecule has 178 valence electrons. The smallest absolute Gasteiger partial charge is 0.248 e. The van der Waals surface area contributed by atoms with Gasteiger partial charge in [0.2, 0.25) is 12.7 Å². The van der Waals surface area contributed by atoms with Gasteiger partial charge in [0, 0.05) is 39.9 Å². The Balaban J connectivity index is 1.51. The van der Waals surface area contributed by atoms with Crippen LogP contribution in [-0.4, -0.2) is 26.9 Å². The van der Waals surface area contributed by atoms with Crippen molar-refractivity contribution >= 4 is 28.1 Å². The molecular formula is C28H25NO6. The zero-order chi connectivity index (χ0) is 24.5. The molecule has 1 aromatic heterocycles. The number of fused-ring (bicyclic) bond motifs is 2. The summed E-state index contributed by atoms with van der Waals surface area (Å²) in [6.07, 6.45) is 3.29. The Labute approximate surface area is 202 Å². The maximum atomic E-state index is 12.8. The van der Waals surface area contributed by atoms with Crippen molar-refractivity contribution in [3.05, 3.63) is 72.0 Å². The molecule has 0 fully saturated rings. The summed E-state index contributed by atoms with van der Waals surface area (Å²) in [6.45, 7) is 4.01. The highest BCUT2D eigenvalue weighted by molar-refractivity contribution is 6.06. The van der Waals surface area contributed by atoms with Crippen LogP contribution in [0.2, 0.25) is 0 Å². The van der Waals surface area contributed by atoms with Gasteiger partial charge in [-0.2, -0.15) is 0 Å². The molecule has 1 amide bonds. The number of furan rings is 1. The molecule has 5 rings (SSSR count). The highest BCUT2D eigenvalue weighted by Crippen LogP contribution is 2.41. The fraction of sp³-hybridized carbons (Fsp3) is 0.179. The predicted molar refractivity (Wildman–Crippen MR) is 134 cm³/mol. The lowest BCUT2D eigenvalue weighted by Gasteiger charge is -2.13. The van der Waals surface area contributed by atoms with E-state index >= 15 is 0 Å². The molecule has 0 aliphatic carbocycles. The van der Waals surface area contributed by atoms with E-state index in [-0.39, 0.29) is 12.7 Å². The summed E-state index contributed by atoms with van der Waals surface area (Å²) in [4.78, 5) is 12.8. The Morgan fingerprint density at radius 2 is 1.86 bits per heavy atom. The van der Waals surface area contributed by atoms with Crippen LogP contribution in [0.1, 0.15) is 18.1 Å². The SMILES string of the molecule is COc1cccc(-c2coc3c(C)c(OC)c(/C(C)=C/C(=O)Nc4ccc5c(c4)OCO5)cc23)c1. The molecule has 4 aromatic rings. The van der Waals surface area contributed by atoms with Crippen molar-refractivity contribution in [1.82, 2.24) is 0 Å². The number of benzene rings is 3. The molecule has 7 nitrogen and oxygen atoms in total. The Bertz CT molecular complexity index is 1470. The molecule has 35 heavy (non-hydrogen) atoms. The first-order valence-corrected chi connectivity index (χ1v) is 11.1. The van der Waals surface area contributed by atoms with Gasteiger partial charge in [-0.25, -0.2) is 0 Å². The number of allylic oxidation sites excluding steroid dienone is 1. The molecule has 7 heteroatoms. The second-order valence-corrected chi connectivity index (χ2v) is 8.23. The third kappa shape index (κ3) is 4.17. The van der Waals surface area contributed by atoms with E-state index in [0.717, 1.165) is 44.5 Å². The lowest BCUT2D eigenvalue weighted by Crippen LogP contribution is -2.08. The highest BCUT2D eigenvalue weighted by atomic mass is 16.7. The third-order valence-electron chi connectivity index (χ3n) is 6.04. The minimum Gasteiger partial charge on any atom is -0.497 e. The van der Waals surface area contributed by atoms with Crippen LogP contribution in [0.4, 0.5) is 5.69 Å².